The van der Waals surface area contributed by atoms with Crippen molar-refractivity contribution < 1.29 is 24.3 Å². The molecule has 0 bridgehead atoms. The Hall–Kier alpha value is -1.20. The van der Waals surface area contributed by atoms with Crippen molar-refractivity contribution >= 4 is 13.6 Å². The van der Waals surface area contributed by atoms with Gasteiger partial charge in [0.25, 0.3) is 0 Å². The molecule has 2 aliphatic rings. The van der Waals surface area contributed by atoms with E-state index < -0.39 is 13.6 Å². The average molecular weight is 409 g/mol. The predicted molar refractivity (Wildman–Crippen MR) is 108 cm³/mol. The topological polar surface area (TPSA) is 98.1 Å². The summed E-state index contributed by atoms with van der Waals surface area (Å²) in [6, 6.07) is 7.45. The number of carboxylic acid groups (broad SMARTS) is 1. The summed E-state index contributed by atoms with van der Waals surface area (Å²) in [4.78, 5) is 32.2. The van der Waals surface area contributed by atoms with Crippen LogP contribution in [0.25, 0.3) is 0 Å². The number of nitrogens with zero attached hydrogens (tertiary/aromatic N) is 1. The van der Waals surface area contributed by atoms with E-state index >= 15 is 0 Å². The number of aliphatic carboxylic acids is 1. The van der Waals surface area contributed by atoms with E-state index in [1.165, 1.54) is 32.1 Å². The second kappa shape index (κ2) is 9.53. The van der Waals surface area contributed by atoms with Crippen LogP contribution in [0.1, 0.15) is 62.5 Å². The number of carbonyl (C=O) groups is 1. The molecule has 0 aromatic heterocycles. The summed E-state index contributed by atoms with van der Waals surface area (Å²) in [5.74, 6) is 0.389. The van der Waals surface area contributed by atoms with Gasteiger partial charge in [-0.05, 0) is 48.6 Å². The Balaban J connectivity index is 1.73. The van der Waals surface area contributed by atoms with E-state index in [1.54, 1.807) is 12.1 Å². The van der Waals surface area contributed by atoms with Gasteiger partial charge in [-0.25, -0.2) is 0 Å². The van der Waals surface area contributed by atoms with Crippen LogP contribution in [-0.2, 0) is 22.1 Å². The molecular formula is C21H32NO5P. The minimum atomic E-state index is -4.07. The lowest BCUT2D eigenvalue weighted by molar-refractivity contribution is -0.139. The molecule has 1 atom stereocenters. The Kier molecular flexibility index (Phi) is 7.32. The van der Waals surface area contributed by atoms with E-state index in [-0.39, 0.29) is 18.6 Å². The highest BCUT2D eigenvalue weighted by Crippen LogP contribution is 2.39. The van der Waals surface area contributed by atoms with Crippen molar-refractivity contribution in [2.24, 2.45) is 11.8 Å². The van der Waals surface area contributed by atoms with Crippen molar-refractivity contribution in [3.8, 4) is 0 Å². The molecule has 1 unspecified atom stereocenters. The SMILES string of the molecule is O=C(O)CC(C1CCCCC1)N(Cc1ccc(CP(=O)(O)O)cc1)CC1CC1. The number of benzene rings is 1. The number of carboxylic acids is 1. The first-order valence-electron chi connectivity index (χ1n) is 10.4. The van der Waals surface area contributed by atoms with Crippen LogP contribution < -0.4 is 0 Å². The van der Waals surface area contributed by atoms with E-state index in [2.05, 4.69) is 4.90 Å². The summed E-state index contributed by atoms with van der Waals surface area (Å²) in [5, 5.41) is 9.52. The van der Waals surface area contributed by atoms with E-state index in [4.69, 9.17) is 9.79 Å². The molecule has 156 valence electrons. The molecule has 0 amide bonds. The first kappa shape index (κ1) is 21.5. The van der Waals surface area contributed by atoms with Gasteiger partial charge < -0.3 is 14.9 Å². The third kappa shape index (κ3) is 7.00. The number of rotatable bonds is 10. The summed E-state index contributed by atoms with van der Waals surface area (Å²) in [6.07, 6.45) is 8.24. The van der Waals surface area contributed by atoms with Crippen molar-refractivity contribution in [1.82, 2.24) is 4.90 Å². The molecule has 0 saturated heterocycles. The molecule has 3 rings (SSSR count). The van der Waals surface area contributed by atoms with Crippen molar-refractivity contribution in [2.45, 2.75) is 70.1 Å². The standard InChI is InChI=1S/C21H32NO5P/c23-21(24)12-20(19-4-2-1-3-5-19)22(13-16-6-7-16)14-17-8-10-18(11-9-17)15-28(25,26)27/h8-11,16,19-20H,1-7,12-15H2,(H,23,24)(H2,25,26,27). The summed E-state index contributed by atoms with van der Waals surface area (Å²) >= 11 is 0. The van der Waals surface area contributed by atoms with Crippen LogP contribution in [0, 0.1) is 11.8 Å². The van der Waals surface area contributed by atoms with Crippen LogP contribution in [0.3, 0.4) is 0 Å². The minimum absolute atomic E-state index is 0.0631. The van der Waals surface area contributed by atoms with E-state index in [1.807, 2.05) is 12.1 Å². The monoisotopic (exact) mass is 409 g/mol. The van der Waals surface area contributed by atoms with Gasteiger partial charge in [0.1, 0.15) is 0 Å². The van der Waals surface area contributed by atoms with Gasteiger partial charge >= 0.3 is 13.6 Å². The maximum absolute atomic E-state index is 11.6. The van der Waals surface area contributed by atoms with Crippen LogP contribution in [-0.4, -0.2) is 38.3 Å². The predicted octanol–water partition coefficient (Wildman–Crippen LogP) is 4.00. The molecule has 0 radical (unpaired) electrons. The third-order valence-electron chi connectivity index (χ3n) is 6.03. The summed E-state index contributed by atoms with van der Waals surface area (Å²) in [5.41, 5.74) is 1.70. The zero-order valence-electron chi connectivity index (χ0n) is 16.4. The van der Waals surface area contributed by atoms with Gasteiger partial charge in [0.2, 0.25) is 0 Å². The van der Waals surface area contributed by atoms with Crippen LogP contribution in [0.2, 0.25) is 0 Å². The molecule has 2 aliphatic carbocycles. The van der Waals surface area contributed by atoms with Crippen LogP contribution in [0.4, 0.5) is 0 Å². The van der Waals surface area contributed by atoms with Gasteiger partial charge in [0.15, 0.2) is 0 Å². The van der Waals surface area contributed by atoms with Gasteiger partial charge in [0.05, 0.1) is 12.6 Å². The Morgan fingerprint density at radius 3 is 2.18 bits per heavy atom. The highest BCUT2D eigenvalue weighted by Gasteiger charge is 2.34. The minimum Gasteiger partial charge on any atom is -0.481 e. The van der Waals surface area contributed by atoms with Crippen LogP contribution in [0.5, 0.6) is 0 Å². The average Bonchev–Trinajstić information content (AvgIpc) is 3.44. The first-order valence-corrected chi connectivity index (χ1v) is 12.2. The molecule has 6 nitrogen and oxygen atoms in total. The first-order chi connectivity index (χ1) is 13.3. The van der Waals surface area contributed by atoms with Crippen LogP contribution >= 0.6 is 7.60 Å². The van der Waals surface area contributed by atoms with Crippen molar-refractivity contribution in [1.29, 1.82) is 0 Å². The second-order valence-electron chi connectivity index (χ2n) is 8.58. The lowest BCUT2D eigenvalue weighted by Gasteiger charge is -2.38. The van der Waals surface area contributed by atoms with Crippen molar-refractivity contribution in [3.63, 3.8) is 0 Å². The molecule has 2 saturated carbocycles. The van der Waals surface area contributed by atoms with E-state index in [0.717, 1.165) is 24.9 Å². The zero-order chi connectivity index (χ0) is 20.1. The van der Waals surface area contributed by atoms with Gasteiger partial charge in [-0.1, -0.05) is 43.5 Å². The highest BCUT2D eigenvalue weighted by atomic mass is 31.2. The lowest BCUT2D eigenvalue weighted by Crippen LogP contribution is -2.43. The quantitative estimate of drug-likeness (QED) is 0.505. The molecule has 3 N–H and O–H groups in total. The van der Waals surface area contributed by atoms with E-state index in [0.29, 0.717) is 23.9 Å². The molecule has 28 heavy (non-hydrogen) atoms. The Labute approximate surface area is 167 Å². The molecular weight excluding hydrogens is 377 g/mol. The number of hydrogen-bond acceptors (Lipinski definition) is 3. The molecule has 7 heteroatoms. The Bertz CT molecular complexity index is 691. The fraction of sp³-hybridized carbons (Fsp3) is 0.667. The highest BCUT2D eigenvalue weighted by molar-refractivity contribution is 7.50. The van der Waals surface area contributed by atoms with E-state index in [9.17, 15) is 14.5 Å². The smallest absolute Gasteiger partial charge is 0.329 e. The van der Waals surface area contributed by atoms with Gasteiger partial charge in [-0.15, -0.1) is 0 Å². The Morgan fingerprint density at radius 1 is 1.04 bits per heavy atom. The summed E-state index contributed by atoms with van der Waals surface area (Å²) in [7, 11) is -4.07. The Morgan fingerprint density at radius 2 is 1.64 bits per heavy atom. The normalized spacial score (nSPS) is 19.7. The van der Waals surface area contributed by atoms with Gasteiger partial charge in [-0.2, -0.15) is 0 Å². The lowest BCUT2D eigenvalue weighted by atomic mass is 9.81. The maximum Gasteiger partial charge on any atom is 0.329 e. The molecule has 2 fully saturated rings. The van der Waals surface area contributed by atoms with Crippen LogP contribution in [0.15, 0.2) is 24.3 Å². The van der Waals surface area contributed by atoms with Gasteiger partial charge in [-0.3, -0.25) is 14.3 Å². The molecule has 0 heterocycles. The second-order valence-corrected chi connectivity index (χ2v) is 10.2. The molecule has 0 aliphatic heterocycles. The fourth-order valence-electron chi connectivity index (χ4n) is 4.46. The largest absolute Gasteiger partial charge is 0.481 e. The molecule has 1 aromatic rings. The maximum atomic E-state index is 11.6. The van der Waals surface area contributed by atoms with Gasteiger partial charge in [0, 0.05) is 19.1 Å². The summed E-state index contributed by atoms with van der Waals surface area (Å²) in [6.45, 7) is 1.64. The zero-order valence-corrected chi connectivity index (χ0v) is 17.3. The fourth-order valence-corrected chi connectivity index (χ4v) is 5.15. The van der Waals surface area contributed by atoms with Crippen molar-refractivity contribution in [2.75, 3.05) is 6.54 Å². The summed E-state index contributed by atoms with van der Waals surface area (Å²) < 4.78 is 11.2. The number of hydrogen-bond donors (Lipinski definition) is 3. The third-order valence-corrected chi connectivity index (χ3v) is 6.81. The molecule has 1 aromatic carbocycles. The van der Waals surface area contributed by atoms with Crippen molar-refractivity contribution in [3.05, 3.63) is 35.4 Å². The molecule has 0 spiro atoms.